The molecule has 2 rings (SSSR count). The Bertz CT molecular complexity index is 727. The SMILES string of the molecule is O=C(O)c1cn(CCF)c2cc(Cl)c(F)cc2c1=O. The maximum absolute atomic E-state index is 13.4. The Morgan fingerprint density at radius 1 is 1.42 bits per heavy atom. The van der Waals surface area contributed by atoms with E-state index in [-0.39, 0.29) is 22.5 Å². The normalized spacial score (nSPS) is 10.9. The van der Waals surface area contributed by atoms with Crippen LogP contribution in [0, 0.1) is 5.82 Å². The molecule has 1 N–H and O–H groups in total. The fourth-order valence-electron chi connectivity index (χ4n) is 1.81. The van der Waals surface area contributed by atoms with E-state index in [1.165, 1.54) is 10.6 Å². The Kier molecular flexibility index (Phi) is 3.53. The second-order valence-corrected chi connectivity index (χ2v) is 4.25. The molecular formula is C12H8ClF2NO3. The van der Waals surface area contributed by atoms with Gasteiger partial charge in [-0.1, -0.05) is 11.6 Å². The van der Waals surface area contributed by atoms with Crippen LogP contribution in [-0.4, -0.2) is 22.3 Å². The van der Waals surface area contributed by atoms with Crippen LogP contribution in [-0.2, 0) is 6.54 Å². The number of hydrogen-bond donors (Lipinski definition) is 1. The highest BCUT2D eigenvalue weighted by Crippen LogP contribution is 2.21. The van der Waals surface area contributed by atoms with Crippen molar-refractivity contribution in [1.82, 2.24) is 4.57 Å². The van der Waals surface area contributed by atoms with E-state index >= 15 is 0 Å². The number of carbonyl (C=O) groups is 1. The highest BCUT2D eigenvalue weighted by Gasteiger charge is 2.16. The molecule has 0 radical (unpaired) electrons. The van der Waals surface area contributed by atoms with Gasteiger partial charge in [0.05, 0.1) is 17.1 Å². The molecule has 7 heteroatoms. The minimum atomic E-state index is -1.45. The maximum Gasteiger partial charge on any atom is 0.341 e. The molecule has 0 aliphatic rings. The molecule has 4 nitrogen and oxygen atoms in total. The van der Waals surface area contributed by atoms with E-state index in [0.29, 0.717) is 0 Å². The molecule has 0 bridgehead atoms. The van der Waals surface area contributed by atoms with Crippen molar-refractivity contribution < 1.29 is 18.7 Å². The van der Waals surface area contributed by atoms with Gasteiger partial charge in [-0.2, -0.15) is 0 Å². The Morgan fingerprint density at radius 3 is 2.68 bits per heavy atom. The van der Waals surface area contributed by atoms with E-state index < -0.39 is 29.5 Å². The minimum Gasteiger partial charge on any atom is -0.477 e. The van der Waals surface area contributed by atoms with Crippen LogP contribution in [0.4, 0.5) is 8.78 Å². The number of aromatic nitrogens is 1. The Balaban J connectivity index is 2.92. The van der Waals surface area contributed by atoms with E-state index in [9.17, 15) is 18.4 Å². The molecule has 1 aromatic heterocycles. The van der Waals surface area contributed by atoms with Crippen molar-refractivity contribution in [2.45, 2.75) is 6.54 Å². The van der Waals surface area contributed by atoms with Crippen molar-refractivity contribution in [3.63, 3.8) is 0 Å². The second-order valence-electron chi connectivity index (χ2n) is 3.84. The van der Waals surface area contributed by atoms with Gasteiger partial charge in [-0.25, -0.2) is 13.6 Å². The van der Waals surface area contributed by atoms with Gasteiger partial charge in [-0.15, -0.1) is 0 Å². The summed E-state index contributed by atoms with van der Waals surface area (Å²) in [5, 5.41) is 8.55. The summed E-state index contributed by atoms with van der Waals surface area (Å²) in [4.78, 5) is 22.8. The number of aromatic carboxylic acids is 1. The fourth-order valence-corrected chi connectivity index (χ4v) is 1.97. The minimum absolute atomic E-state index is 0.143. The average Bonchev–Trinajstić information content (AvgIpc) is 2.35. The summed E-state index contributed by atoms with van der Waals surface area (Å²) >= 11 is 5.61. The van der Waals surface area contributed by atoms with Crippen LogP contribution in [0.15, 0.2) is 23.1 Å². The molecule has 0 saturated heterocycles. The van der Waals surface area contributed by atoms with E-state index in [0.717, 1.165) is 12.3 Å². The molecular weight excluding hydrogens is 280 g/mol. The third-order valence-electron chi connectivity index (χ3n) is 2.68. The smallest absolute Gasteiger partial charge is 0.341 e. The summed E-state index contributed by atoms with van der Waals surface area (Å²) in [5.74, 6) is -2.28. The summed E-state index contributed by atoms with van der Waals surface area (Å²) in [7, 11) is 0. The van der Waals surface area contributed by atoms with Crippen LogP contribution >= 0.6 is 11.6 Å². The van der Waals surface area contributed by atoms with Gasteiger partial charge in [0.25, 0.3) is 0 Å². The monoisotopic (exact) mass is 287 g/mol. The van der Waals surface area contributed by atoms with Gasteiger partial charge in [0.2, 0.25) is 5.43 Å². The molecule has 0 fully saturated rings. The zero-order chi connectivity index (χ0) is 14.2. The molecule has 1 aromatic carbocycles. The number of nitrogens with zero attached hydrogens (tertiary/aromatic N) is 1. The molecule has 0 atom stereocenters. The highest BCUT2D eigenvalue weighted by atomic mass is 35.5. The summed E-state index contributed by atoms with van der Waals surface area (Å²) < 4.78 is 27.1. The van der Waals surface area contributed by atoms with Crippen molar-refractivity contribution in [3.05, 3.63) is 45.0 Å². The number of halogens is 3. The largest absolute Gasteiger partial charge is 0.477 e. The third-order valence-corrected chi connectivity index (χ3v) is 2.97. The van der Waals surface area contributed by atoms with Crippen molar-refractivity contribution in [1.29, 1.82) is 0 Å². The first kappa shape index (κ1) is 13.5. The fraction of sp³-hybridized carbons (Fsp3) is 0.167. The van der Waals surface area contributed by atoms with Gasteiger partial charge in [-0.3, -0.25) is 4.79 Å². The molecule has 0 amide bonds. The lowest BCUT2D eigenvalue weighted by molar-refractivity contribution is 0.0694. The third kappa shape index (κ3) is 2.31. The van der Waals surface area contributed by atoms with E-state index in [1.54, 1.807) is 0 Å². The number of carboxylic acid groups (broad SMARTS) is 1. The van der Waals surface area contributed by atoms with Crippen LogP contribution in [0.5, 0.6) is 0 Å². The molecule has 19 heavy (non-hydrogen) atoms. The van der Waals surface area contributed by atoms with E-state index in [2.05, 4.69) is 0 Å². The van der Waals surface area contributed by atoms with Crippen LogP contribution in [0.25, 0.3) is 10.9 Å². The Morgan fingerprint density at radius 2 is 2.11 bits per heavy atom. The molecule has 0 spiro atoms. The van der Waals surface area contributed by atoms with Gasteiger partial charge in [0.15, 0.2) is 0 Å². The average molecular weight is 288 g/mol. The summed E-state index contributed by atoms with van der Waals surface area (Å²) in [6.07, 6.45) is 1.03. The molecule has 2 aromatic rings. The summed E-state index contributed by atoms with van der Waals surface area (Å²) in [6, 6.07) is 2.04. The first-order valence-electron chi connectivity index (χ1n) is 5.27. The lowest BCUT2D eigenvalue weighted by Crippen LogP contribution is -2.19. The second kappa shape index (κ2) is 4.97. The highest BCUT2D eigenvalue weighted by molar-refractivity contribution is 6.31. The van der Waals surface area contributed by atoms with Crippen molar-refractivity contribution in [2.75, 3.05) is 6.67 Å². The van der Waals surface area contributed by atoms with Crippen molar-refractivity contribution in [3.8, 4) is 0 Å². The number of pyridine rings is 1. The maximum atomic E-state index is 13.4. The van der Waals surface area contributed by atoms with Crippen molar-refractivity contribution in [2.24, 2.45) is 0 Å². The number of rotatable bonds is 3. The van der Waals surface area contributed by atoms with Gasteiger partial charge < -0.3 is 9.67 Å². The van der Waals surface area contributed by atoms with Crippen LogP contribution < -0.4 is 5.43 Å². The zero-order valence-electron chi connectivity index (χ0n) is 9.49. The quantitative estimate of drug-likeness (QED) is 0.943. The zero-order valence-corrected chi connectivity index (χ0v) is 10.2. The van der Waals surface area contributed by atoms with Crippen molar-refractivity contribution >= 4 is 28.5 Å². The van der Waals surface area contributed by atoms with Gasteiger partial charge >= 0.3 is 5.97 Å². The first-order chi connectivity index (χ1) is 8.95. The molecule has 0 aliphatic heterocycles. The number of aryl methyl sites for hydroxylation is 1. The summed E-state index contributed by atoms with van der Waals surface area (Å²) in [6.45, 7) is -0.912. The first-order valence-corrected chi connectivity index (χ1v) is 5.65. The van der Waals surface area contributed by atoms with E-state index in [1.807, 2.05) is 0 Å². The van der Waals surface area contributed by atoms with Crippen LogP contribution in [0.1, 0.15) is 10.4 Å². The number of benzene rings is 1. The lowest BCUT2D eigenvalue weighted by Gasteiger charge is -2.11. The van der Waals surface area contributed by atoms with Gasteiger partial charge in [0.1, 0.15) is 18.1 Å². The standard InChI is InChI=1S/C12H8ClF2NO3/c13-8-4-10-6(3-9(8)15)11(17)7(12(18)19)5-16(10)2-1-14/h3-5H,1-2H2,(H,18,19). The predicted octanol–water partition coefficient (Wildman–Crippen LogP) is 2.46. The number of fused-ring (bicyclic) bond motifs is 1. The Hall–Kier alpha value is -1.95. The molecule has 100 valence electrons. The van der Waals surface area contributed by atoms with E-state index in [4.69, 9.17) is 16.7 Å². The molecule has 0 aliphatic carbocycles. The van der Waals surface area contributed by atoms with Gasteiger partial charge in [0, 0.05) is 11.6 Å². The number of hydrogen-bond acceptors (Lipinski definition) is 2. The van der Waals surface area contributed by atoms with Crippen LogP contribution in [0.3, 0.4) is 0 Å². The Labute approximate surface area is 110 Å². The predicted molar refractivity (Wildman–Crippen MR) is 66.1 cm³/mol. The molecule has 0 unspecified atom stereocenters. The summed E-state index contributed by atoms with van der Waals surface area (Å²) in [5.41, 5.74) is -1.17. The number of carboxylic acids is 1. The topological polar surface area (TPSA) is 59.3 Å². The lowest BCUT2D eigenvalue weighted by atomic mass is 10.1. The van der Waals surface area contributed by atoms with Crippen LogP contribution in [0.2, 0.25) is 5.02 Å². The number of alkyl halides is 1. The van der Waals surface area contributed by atoms with Gasteiger partial charge in [-0.05, 0) is 12.1 Å². The molecule has 0 saturated carbocycles. The molecule has 1 heterocycles.